The van der Waals surface area contributed by atoms with E-state index in [9.17, 15) is 44.1 Å². The molecule has 0 saturated carbocycles. The molecule has 0 aliphatic rings. The zero-order valence-electron chi connectivity index (χ0n) is 51.5. The van der Waals surface area contributed by atoms with Crippen molar-refractivity contribution in [1.29, 1.82) is 0 Å². The first-order valence-corrected chi connectivity index (χ1v) is 19.4. The second-order valence-electron chi connectivity index (χ2n) is 14.8. The normalized spacial score (nSPS) is 15.4. The summed E-state index contributed by atoms with van der Waals surface area (Å²) in [5.74, 6) is -5.44. The summed E-state index contributed by atoms with van der Waals surface area (Å²) >= 11 is 0. The first-order valence-electron chi connectivity index (χ1n) is 27.4. The highest BCUT2D eigenvalue weighted by atomic mass is 16.4. The van der Waals surface area contributed by atoms with Gasteiger partial charge in [-0.1, -0.05) is 49.8 Å². The molecule has 338 valence electrons. The van der Waals surface area contributed by atoms with E-state index in [1.54, 1.807) is 40.7 Å². The highest BCUT2D eigenvalue weighted by molar-refractivity contribution is 5.97. The molecule has 0 aliphatic carbocycles. The van der Waals surface area contributed by atoms with Crippen molar-refractivity contribution in [3.05, 3.63) is 171 Å². The maximum atomic E-state index is 13.1. The highest BCUT2D eigenvalue weighted by Crippen LogP contribution is 2.30. The Labute approximate surface area is 400 Å². The fraction of sp³-hybridized carbons (Fsp3) is 0.222. The smallest absolute Gasteiger partial charge is 0.307 e. The summed E-state index contributed by atoms with van der Waals surface area (Å²) in [6, 6.07) is 5.33. The number of carbonyl (C=O) groups is 3. The molecule has 0 saturated heterocycles. The van der Waals surface area contributed by atoms with Gasteiger partial charge >= 0.3 is 17.9 Å². The Hall–Kier alpha value is -7.86. The van der Waals surface area contributed by atoms with Crippen LogP contribution in [0.2, 0.25) is 0 Å². The van der Waals surface area contributed by atoms with E-state index in [4.69, 9.17) is 35.2 Å². The summed E-state index contributed by atoms with van der Waals surface area (Å²) in [6.45, 7) is 8.40. The number of hydrogen-bond donors (Lipinski definition) is 3. The molecule has 9 rings (SSSR count). The van der Waals surface area contributed by atoms with Gasteiger partial charge in [-0.25, -0.2) is 0 Å². The summed E-state index contributed by atoms with van der Waals surface area (Å²) in [5.41, 5.74) is -2.28. The Balaban J connectivity index is 0.000000197. The van der Waals surface area contributed by atoms with E-state index >= 15 is 0 Å². The predicted molar refractivity (Wildman–Crippen MR) is 259 cm³/mol. The van der Waals surface area contributed by atoms with Gasteiger partial charge in [0, 0.05) is 29.0 Å². The number of carboxylic acids is 3. The molecule has 0 aliphatic heterocycles. The first-order chi connectivity index (χ1) is 37.2. The Morgan fingerprint density at radius 3 is 1.41 bits per heavy atom. The van der Waals surface area contributed by atoms with Gasteiger partial charge in [-0.3, -0.25) is 28.8 Å². The van der Waals surface area contributed by atoms with E-state index in [1.165, 1.54) is 44.2 Å². The Morgan fingerprint density at radius 2 is 0.864 bits per heavy atom. The van der Waals surface area contributed by atoms with Crippen LogP contribution < -0.4 is 16.3 Å². The molecule has 0 fully saturated rings. The number of fused-ring (bicyclic) bond motifs is 6. The summed E-state index contributed by atoms with van der Waals surface area (Å²) in [5, 5.41) is 26.9. The number of carboxylic acid groups (broad SMARTS) is 3. The molecule has 12 nitrogen and oxygen atoms in total. The molecule has 9 aromatic rings. The van der Waals surface area contributed by atoms with Crippen LogP contribution in [-0.4, -0.2) is 33.2 Å². The van der Waals surface area contributed by atoms with Crippen LogP contribution in [0.15, 0.2) is 106 Å². The van der Waals surface area contributed by atoms with Gasteiger partial charge in [0.05, 0.1) is 61.0 Å². The van der Waals surface area contributed by atoms with E-state index in [-0.39, 0.29) is 80.1 Å². The number of aliphatic carboxylic acids is 3. The minimum atomic E-state index is -3.07. The van der Waals surface area contributed by atoms with Crippen molar-refractivity contribution in [2.24, 2.45) is 0 Å². The zero-order chi connectivity index (χ0) is 61.1. The minimum absolute atomic E-state index is 0. The molecular formula is C54H50O12. The maximum Gasteiger partial charge on any atom is 0.307 e. The predicted octanol–water partition coefficient (Wildman–Crippen LogP) is 10.8. The molecule has 3 heterocycles. The second kappa shape index (κ2) is 18.7. The third kappa shape index (κ3) is 8.82. The quantitative estimate of drug-likeness (QED) is 0.133. The Morgan fingerprint density at radius 1 is 0.470 bits per heavy atom. The van der Waals surface area contributed by atoms with Gasteiger partial charge < -0.3 is 28.6 Å². The number of hydrogen-bond acceptors (Lipinski definition) is 9. The molecular weight excluding hydrogens is 841 g/mol. The Kier molecular flexibility index (Phi) is 8.59. The molecule has 66 heavy (non-hydrogen) atoms. The van der Waals surface area contributed by atoms with Crippen LogP contribution in [0.5, 0.6) is 0 Å². The van der Waals surface area contributed by atoms with Gasteiger partial charge in [-0.05, 0) is 136 Å². The van der Waals surface area contributed by atoms with Crippen molar-refractivity contribution in [3.63, 3.8) is 0 Å². The van der Waals surface area contributed by atoms with Crippen molar-refractivity contribution in [2.45, 2.75) is 81.9 Å². The molecule has 0 bridgehead atoms. The monoisotopic (exact) mass is 906 g/mol. The number of aryl methyl sites for hydroxylation is 6. The van der Waals surface area contributed by atoms with Crippen LogP contribution in [0.3, 0.4) is 0 Å². The SMILES string of the molecule is C.[2H]c1c(C)c(C([2H])([2H])C(=O)O)c2oc3c(C([2H])([2H])[2H])c(C)ccc3c(=O)c2c1[2H].[2H]c1c(C)c(C)c2oc3c(C([2H])([2H])C(=O)O)c(C)ccc3c(=O)c2c1[2H].[2H]c1c([2H])c([2H])c2c(=O)c3ccc(C)c(C)c3oc2c1C([2H])([2H])C(=O)O. The fourth-order valence-electron chi connectivity index (χ4n) is 6.90. The lowest BCUT2D eigenvalue weighted by molar-refractivity contribution is -0.137. The molecule has 3 N–H and O–H groups in total. The van der Waals surface area contributed by atoms with Gasteiger partial charge in [-0.15, -0.1) is 0 Å². The third-order valence-corrected chi connectivity index (χ3v) is 10.7. The first kappa shape index (κ1) is 30.3. The van der Waals surface area contributed by atoms with E-state index in [1.807, 2.05) is 0 Å². The van der Waals surface area contributed by atoms with Gasteiger partial charge in [-0.2, -0.15) is 0 Å². The van der Waals surface area contributed by atoms with E-state index in [0.29, 0.717) is 27.8 Å². The highest BCUT2D eigenvalue weighted by Gasteiger charge is 2.19. The van der Waals surface area contributed by atoms with E-state index in [0.717, 1.165) is 5.56 Å². The van der Waals surface area contributed by atoms with Gasteiger partial charge in [0.25, 0.3) is 0 Å². The number of para-hydroxylation sites is 1. The zero-order valence-corrected chi connectivity index (χ0v) is 35.5. The molecule has 0 atom stereocenters. The lowest BCUT2D eigenvalue weighted by atomic mass is 9.99. The number of benzene rings is 6. The molecule has 3 aromatic heterocycles. The van der Waals surface area contributed by atoms with Crippen LogP contribution in [0.25, 0.3) is 65.8 Å². The number of rotatable bonds is 6. The van der Waals surface area contributed by atoms with Gasteiger partial charge in [0.15, 0.2) is 0 Å². The molecule has 0 spiro atoms. The largest absolute Gasteiger partial charge is 0.481 e. The summed E-state index contributed by atoms with van der Waals surface area (Å²) in [7, 11) is 0. The van der Waals surface area contributed by atoms with Crippen molar-refractivity contribution >= 4 is 83.7 Å². The standard InChI is InChI=1S/2C18H16O4.C17H14O4.CH4/c2*1-9-4-6-12-16(21)13-7-5-10(2)14(8-15(19)20)18(13)22-17(12)11(9)3;1-9-6-7-13-15(20)12-5-3-4-11(8-14(18)19)17(12)21-16(13)10(9)2;/h2*4-7H,8H2,1-3H3,(H,19,20);3-7H,8H2,1-2H3,(H,18,19);1H4/i3D3,5D,7D,8D2;4D,6D,8D2;3D,4D,5D,8D2;. The Bertz CT molecular complexity index is 4480. The summed E-state index contributed by atoms with van der Waals surface area (Å²) in [6.07, 6.45) is -8.87. The maximum absolute atomic E-state index is 13.1. The average molecular weight is 907 g/mol. The van der Waals surface area contributed by atoms with Crippen LogP contribution in [-0.2, 0) is 33.5 Å². The van der Waals surface area contributed by atoms with Crippen LogP contribution in [0.4, 0.5) is 0 Å². The van der Waals surface area contributed by atoms with Crippen molar-refractivity contribution < 1.29 is 64.9 Å². The fourth-order valence-corrected chi connectivity index (χ4v) is 6.90. The van der Waals surface area contributed by atoms with E-state index in [2.05, 4.69) is 0 Å². The van der Waals surface area contributed by atoms with Crippen molar-refractivity contribution in [2.75, 3.05) is 0 Å². The van der Waals surface area contributed by atoms with Gasteiger partial charge in [0.1, 0.15) is 33.5 Å². The topological polar surface area (TPSA) is 203 Å². The molecule has 12 heteroatoms. The van der Waals surface area contributed by atoms with Crippen LogP contribution in [0, 0.1) is 55.3 Å². The molecule has 6 aromatic carbocycles. The molecule has 0 radical (unpaired) electrons. The summed E-state index contributed by atoms with van der Waals surface area (Å²) < 4.78 is 144. The average Bonchev–Trinajstić information content (AvgIpc) is 3.58. The van der Waals surface area contributed by atoms with Crippen molar-refractivity contribution in [1.82, 2.24) is 0 Å². The van der Waals surface area contributed by atoms with Crippen LogP contribution >= 0.6 is 0 Å². The lowest BCUT2D eigenvalue weighted by Gasteiger charge is -2.10. The molecule has 0 amide bonds. The van der Waals surface area contributed by atoms with Gasteiger partial charge in [0.2, 0.25) is 16.3 Å². The minimum Gasteiger partial charge on any atom is -0.481 e. The molecule has 0 unspecified atom stereocenters. The lowest BCUT2D eigenvalue weighted by Crippen LogP contribution is -2.08. The third-order valence-electron chi connectivity index (χ3n) is 10.7. The second-order valence-corrected chi connectivity index (χ2v) is 14.8. The van der Waals surface area contributed by atoms with E-state index < -0.39 is 123 Å². The van der Waals surface area contributed by atoms with Crippen LogP contribution in [0.1, 0.15) is 90.6 Å². The van der Waals surface area contributed by atoms with Crippen molar-refractivity contribution in [3.8, 4) is 0 Å². The summed E-state index contributed by atoms with van der Waals surface area (Å²) in [4.78, 5) is 73.3.